The molecule has 1 aromatic rings. The van der Waals surface area contributed by atoms with Crippen LogP contribution in [0.3, 0.4) is 0 Å². The molecule has 4 atom stereocenters. The van der Waals surface area contributed by atoms with E-state index >= 15 is 0 Å². The number of nitrogens with zero attached hydrogens (tertiary/aromatic N) is 2. The molecule has 10 heteroatoms. The lowest BCUT2D eigenvalue weighted by Crippen LogP contribution is -2.62. The molecule has 0 spiro atoms. The summed E-state index contributed by atoms with van der Waals surface area (Å²) >= 11 is 0. The van der Waals surface area contributed by atoms with Gasteiger partial charge in [-0.3, -0.25) is 14.5 Å². The second-order valence-electron chi connectivity index (χ2n) is 9.65. The SMILES string of the molecule is CN(C)c1cc(N)c(O)c2c1CC1CC3C(N(C)C)C(O)=C(C(N)=O)CC3(O)C(=O)C1=C2O. The van der Waals surface area contributed by atoms with Crippen LogP contribution in [-0.4, -0.2) is 76.9 Å². The topological polar surface area (TPSA) is 174 Å². The highest BCUT2D eigenvalue weighted by Gasteiger charge is 2.60. The van der Waals surface area contributed by atoms with Crippen molar-refractivity contribution in [1.82, 2.24) is 4.90 Å². The van der Waals surface area contributed by atoms with Gasteiger partial charge >= 0.3 is 0 Å². The number of phenolic OH excluding ortho intramolecular Hbond substituents is 1. The Hall–Kier alpha value is -3.24. The highest BCUT2D eigenvalue weighted by molar-refractivity contribution is 6.11. The number of nitrogen functional groups attached to an aromatic ring is 1. The zero-order valence-electron chi connectivity index (χ0n) is 19.1. The van der Waals surface area contributed by atoms with E-state index in [-0.39, 0.29) is 40.3 Å². The Bertz CT molecular complexity index is 1140. The minimum absolute atomic E-state index is 0.00503. The van der Waals surface area contributed by atoms with Gasteiger partial charge in [0.25, 0.3) is 0 Å². The molecule has 4 unspecified atom stereocenters. The van der Waals surface area contributed by atoms with Crippen LogP contribution in [0.15, 0.2) is 23.0 Å². The minimum atomic E-state index is -2.05. The number of anilines is 2. The van der Waals surface area contributed by atoms with Crippen LogP contribution >= 0.6 is 0 Å². The van der Waals surface area contributed by atoms with Crippen molar-refractivity contribution in [3.63, 3.8) is 0 Å². The van der Waals surface area contributed by atoms with E-state index in [1.165, 1.54) is 0 Å². The zero-order valence-corrected chi connectivity index (χ0v) is 19.1. The number of rotatable bonds is 3. The fourth-order valence-corrected chi connectivity index (χ4v) is 5.80. The number of Topliss-reactive ketones (excluding diaryl/α,β-unsaturated/α-hetero) is 1. The van der Waals surface area contributed by atoms with E-state index < -0.39 is 47.3 Å². The van der Waals surface area contributed by atoms with E-state index in [2.05, 4.69) is 0 Å². The molecule has 10 nitrogen and oxygen atoms in total. The Morgan fingerprint density at radius 1 is 1.18 bits per heavy atom. The Morgan fingerprint density at radius 3 is 2.36 bits per heavy atom. The number of hydrogen-bond acceptors (Lipinski definition) is 9. The predicted octanol–water partition coefficient (Wildman–Crippen LogP) is 0.433. The smallest absolute Gasteiger partial charge is 0.248 e. The van der Waals surface area contributed by atoms with E-state index in [0.717, 1.165) is 0 Å². The fourth-order valence-electron chi connectivity index (χ4n) is 5.80. The predicted molar refractivity (Wildman–Crippen MR) is 123 cm³/mol. The Morgan fingerprint density at radius 2 is 1.82 bits per heavy atom. The second-order valence-corrected chi connectivity index (χ2v) is 9.65. The average molecular weight is 459 g/mol. The van der Waals surface area contributed by atoms with Crippen LogP contribution in [0.4, 0.5) is 11.4 Å². The molecule has 0 aromatic heterocycles. The van der Waals surface area contributed by atoms with Crippen LogP contribution in [0.1, 0.15) is 24.0 Å². The Labute approximate surface area is 191 Å². The number of aliphatic hydroxyl groups is 3. The maximum atomic E-state index is 13.7. The molecule has 4 rings (SSSR count). The van der Waals surface area contributed by atoms with Crippen molar-refractivity contribution in [1.29, 1.82) is 0 Å². The van der Waals surface area contributed by atoms with E-state index in [1.54, 1.807) is 25.1 Å². The summed E-state index contributed by atoms with van der Waals surface area (Å²) in [6.07, 6.45) is 0.129. The van der Waals surface area contributed by atoms with Crippen LogP contribution in [0, 0.1) is 11.8 Å². The van der Waals surface area contributed by atoms with Gasteiger partial charge in [-0.1, -0.05) is 0 Å². The van der Waals surface area contributed by atoms with Crippen LogP contribution in [-0.2, 0) is 16.0 Å². The van der Waals surface area contributed by atoms with Gasteiger partial charge in [-0.2, -0.15) is 0 Å². The summed E-state index contributed by atoms with van der Waals surface area (Å²) in [6, 6.07) is 0.804. The van der Waals surface area contributed by atoms with Gasteiger partial charge in [0.1, 0.15) is 22.9 Å². The number of fused-ring (bicyclic) bond motifs is 3. The van der Waals surface area contributed by atoms with Gasteiger partial charge < -0.3 is 36.8 Å². The lowest BCUT2D eigenvalue weighted by molar-refractivity contribution is -0.151. The summed E-state index contributed by atoms with van der Waals surface area (Å²) < 4.78 is 0. The minimum Gasteiger partial charge on any atom is -0.510 e. The van der Waals surface area contributed by atoms with E-state index in [0.29, 0.717) is 17.7 Å². The van der Waals surface area contributed by atoms with Gasteiger partial charge in [-0.05, 0) is 44.5 Å². The lowest BCUT2D eigenvalue weighted by Gasteiger charge is -2.51. The molecular formula is C23H30N4O6. The number of nitrogens with two attached hydrogens (primary N) is 2. The van der Waals surface area contributed by atoms with Gasteiger partial charge in [0, 0.05) is 37.7 Å². The number of carbonyl (C=O) groups excluding carboxylic acids is 2. The van der Waals surface area contributed by atoms with E-state index in [9.17, 15) is 30.0 Å². The molecule has 0 bridgehead atoms. The van der Waals surface area contributed by atoms with Gasteiger partial charge in [0.15, 0.2) is 5.78 Å². The molecule has 1 saturated carbocycles. The molecule has 0 radical (unpaired) electrons. The molecule has 178 valence electrons. The third-order valence-corrected chi connectivity index (χ3v) is 7.31. The highest BCUT2D eigenvalue weighted by atomic mass is 16.3. The molecule has 0 aliphatic heterocycles. The van der Waals surface area contributed by atoms with E-state index in [1.807, 2.05) is 19.0 Å². The van der Waals surface area contributed by atoms with Crippen molar-refractivity contribution in [2.75, 3.05) is 38.8 Å². The number of primary amides is 1. The van der Waals surface area contributed by atoms with Crippen LogP contribution < -0.4 is 16.4 Å². The molecular weight excluding hydrogens is 428 g/mol. The first-order chi connectivity index (χ1) is 15.3. The third-order valence-electron chi connectivity index (χ3n) is 7.31. The number of phenols is 1. The maximum Gasteiger partial charge on any atom is 0.248 e. The molecule has 0 heterocycles. The van der Waals surface area contributed by atoms with E-state index in [4.69, 9.17) is 11.5 Å². The van der Waals surface area contributed by atoms with Crippen molar-refractivity contribution >= 4 is 28.8 Å². The van der Waals surface area contributed by atoms with Crippen LogP contribution in [0.5, 0.6) is 5.75 Å². The first kappa shape index (κ1) is 22.9. The summed E-state index contributed by atoms with van der Waals surface area (Å²) in [5, 5.41) is 44.2. The van der Waals surface area contributed by atoms with Crippen molar-refractivity contribution in [2.45, 2.75) is 30.9 Å². The summed E-state index contributed by atoms with van der Waals surface area (Å²) in [5.74, 6) is -3.87. The number of hydrogen-bond donors (Lipinski definition) is 6. The summed E-state index contributed by atoms with van der Waals surface area (Å²) in [4.78, 5) is 29.2. The molecule has 3 aliphatic carbocycles. The monoisotopic (exact) mass is 458 g/mol. The molecule has 1 amide bonds. The largest absolute Gasteiger partial charge is 0.510 e. The summed E-state index contributed by atoms with van der Waals surface area (Å²) in [6.45, 7) is 0. The third kappa shape index (κ3) is 3.08. The normalized spacial score (nSPS) is 29.0. The molecule has 0 saturated heterocycles. The Balaban J connectivity index is 1.94. The molecule has 33 heavy (non-hydrogen) atoms. The van der Waals surface area contributed by atoms with Crippen molar-refractivity contribution in [3.8, 4) is 5.75 Å². The van der Waals surface area contributed by atoms with Crippen molar-refractivity contribution < 1.29 is 30.0 Å². The van der Waals surface area contributed by atoms with Gasteiger partial charge in [0.05, 0.1) is 22.9 Å². The maximum absolute atomic E-state index is 13.7. The summed E-state index contributed by atoms with van der Waals surface area (Å²) in [5.41, 5.74) is 10.6. The van der Waals surface area contributed by atoms with Gasteiger partial charge in [0.2, 0.25) is 5.91 Å². The molecule has 8 N–H and O–H groups in total. The second kappa shape index (κ2) is 7.39. The lowest BCUT2D eigenvalue weighted by atomic mass is 9.57. The quantitative estimate of drug-likeness (QED) is 0.277. The number of carbonyl (C=O) groups is 2. The number of likely N-dealkylation sites (N-methyl/N-ethyl adjacent to an activating group) is 1. The average Bonchev–Trinajstić information content (AvgIpc) is 2.71. The molecule has 1 aromatic carbocycles. The first-order valence-electron chi connectivity index (χ1n) is 10.7. The number of ketones is 1. The number of aliphatic hydroxyl groups excluding tert-OH is 2. The number of benzene rings is 1. The number of amides is 1. The molecule has 3 aliphatic rings. The standard InChI is InChI=1S/C23H30N4O6/c1-26(2)14-7-13(24)19(29)16-10(14)5-9-6-12-17(27(3)4)18(28)11(22(25)32)8-23(12,33)21(31)15(9)20(16)30/h7,9,12,17,28-30,33H,5-6,8,24H2,1-4H3,(H2,25,32). The Kier molecular flexibility index (Phi) is 5.14. The zero-order chi connectivity index (χ0) is 24.6. The van der Waals surface area contributed by atoms with Crippen LogP contribution in [0.2, 0.25) is 0 Å². The fraction of sp³-hybridized carbons (Fsp3) is 0.478. The van der Waals surface area contributed by atoms with Gasteiger partial charge in [-0.25, -0.2) is 0 Å². The van der Waals surface area contributed by atoms with Crippen molar-refractivity contribution in [3.05, 3.63) is 34.1 Å². The van der Waals surface area contributed by atoms with Crippen LogP contribution in [0.25, 0.3) is 5.76 Å². The summed E-state index contributed by atoms with van der Waals surface area (Å²) in [7, 11) is 6.98. The van der Waals surface area contributed by atoms with Crippen molar-refractivity contribution in [2.24, 2.45) is 17.6 Å². The number of aromatic hydroxyl groups is 1. The first-order valence-corrected chi connectivity index (χ1v) is 10.7. The highest BCUT2D eigenvalue weighted by Crippen LogP contribution is 2.54. The molecule has 1 fully saturated rings. The van der Waals surface area contributed by atoms with Gasteiger partial charge in [-0.15, -0.1) is 0 Å².